The number of carbonyl (C=O) groups is 2. The molecule has 7 heteroatoms. The fraction of sp³-hybridized carbons (Fsp3) is 0.333. The molecule has 3 aromatic rings. The maximum Gasteiger partial charge on any atom is 0.250 e. The first kappa shape index (κ1) is 20.8. The first-order valence-electron chi connectivity index (χ1n) is 10.3. The fourth-order valence-corrected chi connectivity index (χ4v) is 4.23. The highest BCUT2D eigenvalue weighted by molar-refractivity contribution is 6.03. The molecular formula is C24H27N3O4. The molecular weight excluding hydrogens is 394 g/mol. The molecule has 31 heavy (non-hydrogen) atoms. The fourth-order valence-electron chi connectivity index (χ4n) is 4.23. The Morgan fingerprint density at radius 3 is 2.77 bits per heavy atom. The Morgan fingerprint density at radius 2 is 2.00 bits per heavy atom. The number of aromatic amines is 1. The summed E-state index contributed by atoms with van der Waals surface area (Å²) >= 11 is 0. The summed E-state index contributed by atoms with van der Waals surface area (Å²) in [5.74, 6) is 0.920. The molecule has 0 bridgehead atoms. The van der Waals surface area contributed by atoms with Crippen LogP contribution < -0.4 is 14.8 Å². The Hall–Kier alpha value is -3.48. The Bertz CT molecular complexity index is 1120. The van der Waals surface area contributed by atoms with Crippen LogP contribution >= 0.6 is 0 Å². The van der Waals surface area contributed by atoms with Crippen LogP contribution in [0.2, 0.25) is 0 Å². The van der Waals surface area contributed by atoms with Gasteiger partial charge >= 0.3 is 0 Å². The molecule has 1 aliphatic rings. The van der Waals surface area contributed by atoms with E-state index in [1.807, 2.05) is 31.3 Å². The molecule has 2 amide bonds. The van der Waals surface area contributed by atoms with Gasteiger partial charge in [-0.25, -0.2) is 0 Å². The van der Waals surface area contributed by atoms with Crippen molar-refractivity contribution in [1.82, 2.24) is 9.88 Å². The molecule has 0 unspecified atom stereocenters. The van der Waals surface area contributed by atoms with Crippen LogP contribution in [-0.2, 0) is 16.0 Å². The Labute approximate surface area is 181 Å². The van der Waals surface area contributed by atoms with Crippen molar-refractivity contribution in [2.75, 3.05) is 26.1 Å². The third-order valence-electron chi connectivity index (χ3n) is 6.15. The second-order valence-electron chi connectivity index (χ2n) is 7.95. The summed E-state index contributed by atoms with van der Waals surface area (Å²) in [4.78, 5) is 30.9. The Kier molecular flexibility index (Phi) is 5.59. The summed E-state index contributed by atoms with van der Waals surface area (Å²) in [5, 5.41) is 4.09. The molecule has 4 rings (SSSR count). The summed E-state index contributed by atoms with van der Waals surface area (Å²) in [6.45, 7) is 2.31. The van der Waals surface area contributed by atoms with E-state index in [1.54, 1.807) is 37.3 Å². The lowest BCUT2D eigenvalue weighted by Crippen LogP contribution is -2.52. The summed E-state index contributed by atoms with van der Waals surface area (Å²) in [6.07, 6.45) is 3.48. The first-order chi connectivity index (χ1) is 15.0. The minimum absolute atomic E-state index is 0.000753. The van der Waals surface area contributed by atoms with Gasteiger partial charge in [-0.3, -0.25) is 9.59 Å². The molecule has 7 nitrogen and oxygen atoms in total. The van der Waals surface area contributed by atoms with Crippen LogP contribution in [0.5, 0.6) is 11.5 Å². The third-order valence-corrected chi connectivity index (χ3v) is 6.15. The van der Waals surface area contributed by atoms with Gasteiger partial charge in [0.25, 0.3) is 0 Å². The lowest BCUT2D eigenvalue weighted by atomic mass is 9.96. The zero-order valence-electron chi connectivity index (χ0n) is 18.0. The van der Waals surface area contributed by atoms with Gasteiger partial charge < -0.3 is 24.7 Å². The van der Waals surface area contributed by atoms with E-state index < -0.39 is 5.54 Å². The van der Waals surface area contributed by atoms with Crippen LogP contribution in [0, 0.1) is 0 Å². The molecule has 0 radical (unpaired) electrons. The standard InChI is InChI=1S/C24H27N3O4/c1-24(23(29)26-20-9-8-17(30-2)14-21(20)31-3)12-10-22(28)27(24)13-11-16-15-25-19-7-5-4-6-18(16)19/h4-9,14-15,25H,10-13H2,1-3H3,(H,26,29)/t24-/m1/s1. The minimum atomic E-state index is -0.922. The van der Waals surface area contributed by atoms with Crippen molar-refractivity contribution in [3.8, 4) is 11.5 Å². The van der Waals surface area contributed by atoms with Crippen molar-refractivity contribution in [2.24, 2.45) is 0 Å². The molecule has 0 spiro atoms. The van der Waals surface area contributed by atoms with Crippen LogP contribution in [0.1, 0.15) is 25.3 Å². The lowest BCUT2D eigenvalue weighted by Gasteiger charge is -2.34. The van der Waals surface area contributed by atoms with Crippen molar-refractivity contribution in [2.45, 2.75) is 31.7 Å². The second kappa shape index (κ2) is 8.34. The Morgan fingerprint density at radius 1 is 1.19 bits per heavy atom. The minimum Gasteiger partial charge on any atom is -0.497 e. The van der Waals surface area contributed by atoms with E-state index in [0.717, 1.165) is 16.5 Å². The largest absolute Gasteiger partial charge is 0.497 e. The van der Waals surface area contributed by atoms with Crippen LogP contribution in [0.4, 0.5) is 5.69 Å². The normalized spacial score (nSPS) is 18.4. The van der Waals surface area contributed by atoms with E-state index in [-0.39, 0.29) is 11.8 Å². The van der Waals surface area contributed by atoms with E-state index in [2.05, 4.69) is 16.4 Å². The number of carbonyl (C=O) groups excluding carboxylic acids is 2. The van der Waals surface area contributed by atoms with E-state index in [4.69, 9.17) is 9.47 Å². The number of H-pyrrole nitrogens is 1. The molecule has 1 aliphatic heterocycles. The molecule has 162 valence electrons. The SMILES string of the molecule is COc1ccc(NC(=O)[C@@]2(C)CCC(=O)N2CCc2c[nH]c3ccccc23)c(OC)c1. The number of para-hydroxylation sites is 1. The number of ether oxygens (including phenoxy) is 2. The molecule has 1 aromatic heterocycles. The molecule has 0 saturated carbocycles. The zero-order chi connectivity index (χ0) is 22.0. The lowest BCUT2D eigenvalue weighted by molar-refractivity contribution is -0.137. The third kappa shape index (κ3) is 3.83. The van der Waals surface area contributed by atoms with Gasteiger partial charge in [0.05, 0.1) is 19.9 Å². The first-order valence-corrected chi connectivity index (χ1v) is 10.3. The monoisotopic (exact) mass is 421 g/mol. The average Bonchev–Trinajstić information content (AvgIpc) is 3.33. The van der Waals surface area contributed by atoms with Gasteiger partial charge in [0.2, 0.25) is 11.8 Å². The predicted octanol–water partition coefficient (Wildman–Crippen LogP) is 3.75. The highest BCUT2D eigenvalue weighted by Crippen LogP contribution is 2.34. The van der Waals surface area contributed by atoms with Crippen molar-refractivity contribution in [3.63, 3.8) is 0 Å². The summed E-state index contributed by atoms with van der Waals surface area (Å²) in [5.41, 5.74) is 1.83. The number of hydrogen-bond donors (Lipinski definition) is 2. The van der Waals surface area contributed by atoms with Crippen LogP contribution in [0.3, 0.4) is 0 Å². The molecule has 2 aromatic carbocycles. The van der Waals surface area contributed by atoms with Gasteiger partial charge in [0.1, 0.15) is 17.0 Å². The van der Waals surface area contributed by atoms with Crippen molar-refractivity contribution < 1.29 is 19.1 Å². The predicted molar refractivity (Wildman–Crippen MR) is 120 cm³/mol. The number of aromatic nitrogens is 1. The molecule has 2 heterocycles. The smallest absolute Gasteiger partial charge is 0.250 e. The number of fused-ring (bicyclic) bond motifs is 1. The number of nitrogens with zero attached hydrogens (tertiary/aromatic N) is 1. The van der Waals surface area contributed by atoms with E-state index in [1.165, 1.54) is 0 Å². The quantitative estimate of drug-likeness (QED) is 0.609. The van der Waals surface area contributed by atoms with E-state index in [0.29, 0.717) is 43.0 Å². The van der Waals surface area contributed by atoms with Gasteiger partial charge in [-0.1, -0.05) is 18.2 Å². The molecule has 1 fully saturated rings. The highest BCUT2D eigenvalue weighted by atomic mass is 16.5. The number of rotatable bonds is 7. The number of amides is 2. The molecule has 1 saturated heterocycles. The summed E-state index contributed by atoms with van der Waals surface area (Å²) < 4.78 is 10.6. The van der Waals surface area contributed by atoms with Gasteiger partial charge in [-0.15, -0.1) is 0 Å². The van der Waals surface area contributed by atoms with E-state index in [9.17, 15) is 9.59 Å². The Balaban J connectivity index is 1.52. The topological polar surface area (TPSA) is 83.7 Å². The number of methoxy groups -OCH3 is 2. The second-order valence-corrected chi connectivity index (χ2v) is 7.95. The number of hydrogen-bond acceptors (Lipinski definition) is 4. The summed E-state index contributed by atoms with van der Waals surface area (Å²) in [6, 6.07) is 13.3. The van der Waals surface area contributed by atoms with Gasteiger partial charge in [-0.05, 0) is 43.5 Å². The highest BCUT2D eigenvalue weighted by Gasteiger charge is 2.47. The molecule has 2 N–H and O–H groups in total. The number of anilines is 1. The van der Waals surface area contributed by atoms with Crippen LogP contribution in [-0.4, -0.2) is 48.0 Å². The van der Waals surface area contributed by atoms with Gasteiger partial charge in [-0.2, -0.15) is 0 Å². The van der Waals surface area contributed by atoms with Crippen molar-refractivity contribution in [3.05, 3.63) is 54.2 Å². The molecule has 0 aliphatic carbocycles. The van der Waals surface area contributed by atoms with Crippen molar-refractivity contribution >= 4 is 28.4 Å². The number of likely N-dealkylation sites (tertiary alicyclic amines) is 1. The number of nitrogens with one attached hydrogen (secondary N) is 2. The van der Waals surface area contributed by atoms with Crippen LogP contribution in [0.15, 0.2) is 48.7 Å². The maximum atomic E-state index is 13.3. The average molecular weight is 421 g/mol. The maximum absolute atomic E-state index is 13.3. The zero-order valence-corrected chi connectivity index (χ0v) is 18.0. The van der Waals surface area contributed by atoms with Gasteiger partial charge in [0, 0.05) is 36.1 Å². The van der Waals surface area contributed by atoms with Crippen LogP contribution in [0.25, 0.3) is 10.9 Å². The molecule has 1 atom stereocenters. The van der Waals surface area contributed by atoms with Crippen molar-refractivity contribution in [1.29, 1.82) is 0 Å². The van der Waals surface area contributed by atoms with Gasteiger partial charge in [0.15, 0.2) is 0 Å². The summed E-state index contributed by atoms with van der Waals surface area (Å²) in [7, 11) is 3.11. The number of benzene rings is 2. The van der Waals surface area contributed by atoms with E-state index >= 15 is 0 Å².